The Morgan fingerprint density at radius 2 is 1.75 bits per heavy atom. The van der Waals surface area contributed by atoms with E-state index in [2.05, 4.69) is 12.1 Å². The van der Waals surface area contributed by atoms with E-state index in [1.54, 1.807) is 4.90 Å². The van der Waals surface area contributed by atoms with E-state index in [1.165, 1.54) is 12.5 Å². The van der Waals surface area contributed by atoms with Crippen LogP contribution < -0.4 is 5.56 Å². The molecule has 0 spiro atoms. The summed E-state index contributed by atoms with van der Waals surface area (Å²) in [6.45, 7) is 1.81. The van der Waals surface area contributed by atoms with Crippen LogP contribution in [0.25, 0.3) is 0 Å². The molecule has 6 nitrogen and oxygen atoms in total. The first kappa shape index (κ1) is 23.6. The molecule has 2 heterocycles. The van der Waals surface area contributed by atoms with Gasteiger partial charge in [-0.25, -0.2) is 0 Å². The summed E-state index contributed by atoms with van der Waals surface area (Å²) in [6, 6.07) is 11.5. The molecule has 3 rings (SSSR count). The number of aromatic nitrogens is 1. The van der Waals surface area contributed by atoms with Crippen molar-refractivity contribution in [2.24, 2.45) is 5.92 Å². The van der Waals surface area contributed by atoms with Crippen LogP contribution in [0, 0.1) is 5.92 Å². The van der Waals surface area contributed by atoms with Gasteiger partial charge in [0.1, 0.15) is 6.54 Å². The summed E-state index contributed by atoms with van der Waals surface area (Å²) in [7, 11) is 0. The second kappa shape index (κ2) is 10.0. The lowest BCUT2D eigenvalue weighted by atomic mass is 9.90. The number of carbonyl (C=O) groups is 2. The van der Waals surface area contributed by atoms with Crippen LogP contribution in [0.15, 0.2) is 53.5 Å². The minimum absolute atomic E-state index is 0.354. The number of benzene rings is 1. The molecule has 172 valence electrons. The lowest BCUT2D eigenvalue weighted by molar-refractivity contribution is -0.160. The van der Waals surface area contributed by atoms with Gasteiger partial charge in [-0.3, -0.25) is 14.4 Å². The molecule has 32 heavy (non-hydrogen) atoms. The smallest absolute Gasteiger partial charge is 0.417 e. The second-order valence-electron chi connectivity index (χ2n) is 7.97. The normalized spacial score (nSPS) is 15.9. The van der Waals surface area contributed by atoms with E-state index in [-0.39, 0.29) is 5.91 Å². The number of hydrogen-bond donors (Lipinski definition) is 0. The third-order valence-electron chi connectivity index (χ3n) is 5.56. The van der Waals surface area contributed by atoms with Gasteiger partial charge in [-0.2, -0.15) is 13.2 Å². The van der Waals surface area contributed by atoms with Crippen molar-refractivity contribution >= 4 is 11.9 Å². The summed E-state index contributed by atoms with van der Waals surface area (Å²) in [5, 5.41) is 0. The van der Waals surface area contributed by atoms with E-state index in [0.29, 0.717) is 35.8 Å². The minimum Gasteiger partial charge on any atom is -0.451 e. The number of amides is 1. The monoisotopic (exact) mass is 450 g/mol. The highest BCUT2D eigenvalue weighted by Crippen LogP contribution is 2.28. The van der Waals surface area contributed by atoms with Crippen molar-refractivity contribution in [3.8, 4) is 0 Å². The van der Waals surface area contributed by atoms with Crippen LogP contribution in [0.5, 0.6) is 0 Å². The largest absolute Gasteiger partial charge is 0.451 e. The number of ether oxygens (including phenoxy) is 1. The van der Waals surface area contributed by atoms with Crippen LogP contribution in [0.2, 0.25) is 0 Å². The molecule has 1 unspecified atom stereocenters. The zero-order valence-electron chi connectivity index (χ0n) is 17.7. The van der Waals surface area contributed by atoms with Gasteiger partial charge in [-0.1, -0.05) is 30.3 Å². The number of piperidine rings is 1. The lowest BCUT2D eigenvalue weighted by Gasteiger charge is -2.33. The standard InChI is InChI=1S/C23H25F3N2O4/c1-16(32-21(30)15-28-14-19(23(24,25)26)7-8-20(28)29)22(31)27-11-9-18(10-12-27)13-17-5-3-2-4-6-17/h2-8,14,16,18H,9-13,15H2,1H3. The summed E-state index contributed by atoms with van der Waals surface area (Å²) in [5.41, 5.74) is -0.564. The van der Waals surface area contributed by atoms with Crippen molar-refractivity contribution in [3.05, 3.63) is 70.1 Å². The predicted octanol–water partition coefficient (Wildman–Crippen LogP) is 3.28. The van der Waals surface area contributed by atoms with Crippen LogP contribution in [-0.4, -0.2) is 40.5 Å². The maximum absolute atomic E-state index is 12.8. The second-order valence-corrected chi connectivity index (χ2v) is 7.97. The third kappa shape index (κ3) is 6.21. The van der Waals surface area contributed by atoms with Gasteiger partial charge >= 0.3 is 12.1 Å². The number of carbonyl (C=O) groups excluding carboxylic acids is 2. The number of esters is 1. The molecule has 2 aromatic rings. The first-order chi connectivity index (χ1) is 15.1. The van der Waals surface area contributed by atoms with Crippen LogP contribution in [0.4, 0.5) is 13.2 Å². The van der Waals surface area contributed by atoms with Crippen LogP contribution in [-0.2, 0) is 33.5 Å². The Morgan fingerprint density at radius 1 is 1.09 bits per heavy atom. The Bertz CT molecular complexity index is 996. The van der Waals surface area contributed by atoms with Crippen LogP contribution in [0.3, 0.4) is 0 Å². The highest BCUT2D eigenvalue weighted by atomic mass is 19.4. The van der Waals surface area contributed by atoms with E-state index in [1.807, 2.05) is 18.2 Å². The molecule has 0 N–H and O–H groups in total. The van der Waals surface area contributed by atoms with Gasteiger partial charge in [0.15, 0.2) is 6.10 Å². The number of rotatable bonds is 6. The molecule has 0 bridgehead atoms. The summed E-state index contributed by atoms with van der Waals surface area (Å²) in [4.78, 5) is 38.2. The predicted molar refractivity (Wildman–Crippen MR) is 111 cm³/mol. The summed E-state index contributed by atoms with van der Waals surface area (Å²) in [6.07, 6.45) is -2.56. The van der Waals surface area contributed by atoms with E-state index >= 15 is 0 Å². The molecule has 1 amide bonds. The molecular formula is C23H25F3N2O4. The zero-order valence-corrected chi connectivity index (χ0v) is 17.7. The quantitative estimate of drug-likeness (QED) is 0.634. The van der Waals surface area contributed by atoms with Gasteiger partial charge in [0, 0.05) is 25.4 Å². The van der Waals surface area contributed by atoms with Gasteiger partial charge < -0.3 is 14.2 Å². The van der Waals surface area contributed by atoms with Crippen molar-refractivity contribution in [3.63, 3.8) is 0 Å². The number of likely N-dealkylation sites (tertiary alicyclic amines) is 1. The van der Waals surface area contributed by atoms with Crippen LogP contribution in [0.1, 0.15) is 30.9 Å². The van der Waals surface area contributed by atoms with Crippen LogP contribution >= 0.6 is 0 Å². The summed E-state index contributed by atoms with van der Waals surface area (Å²) < 4.78 is 44.2. The van der Waals surface area contributed by atoms with Crippen molar-refractivity contribution in [1.82, 2.24) is 9.47 Å². The summed E-state index contributed by atoms with van der Waals surface area (Å²) in [5.74, 6) is -0.841. The fraction of sp³-hybridized carbons (Fsp3) is 0.435. The number of nitrogens with zero attached hydrogens (tertiary/aromatic N) is 2. The molecule has 1 aromatic carbocycles. The Morgan fingerprint density at radius 3 is 2.38 bits per heavy atom. The minimum atomic E-state index is -4.64. The average molecular weight is 450 g/mol. The number of pyridine rings is 1. The Balaban J connectivity index is 1.50. The Labute approximate surface area is 183 Å². The third-order valence-corrected chi connectivity index (χ3v) is 5.56. The van der Waals surface area contributed by atoms with E-state index in [4.69, 9.17) is 4.74 Å². The molecule has 0 saturated carbocycles. The topological polar surface area (TPSA) is 68.6 Å². The maximum atomic E-state index is 12.8. The zero-order chi connectivity index (χ0) is 23.3. The molecule has 1 aliphatic heterocycles. The molecule has 0 radical (unpaired) electrons. The molecule has 9 heteroatoms. The summed E-state index contributed by atoms with van der Waals surface area (Å²) >= 11 is 0. The number of halogens is 3. The van der Waals surface area contributed by atoms with E-state index in [0.717, 1.165) is 25.3 Å². The SMILES string of the molecule is CC(OC(=O)Cn1cc(C(F)(F)F)ccc1=O)C(=O)N1CCC(Cc2ccccc2)CC1. The molecular weight excluding hydrogens is 425 g/mol. The van der Waals surface area contributed by atoms with E-state index < -0.39 is 35.9 Å². The van der Waals surface area contributed by atoms with Crippen molar-refractivity contribution < 1.29 is 27.5 Å². The van der Waals surface area contributed by atoms with Crippen molar-refractivity contribution in [2.45, 2.75) is 45.0 Å². The molecule has 0 aliphatic carbocycles. The average Bonchev–Trinajstić information content (AvgIpc) is 2.75. The van der Waals surface area contributed by atoms with Crippen molar-refractivity contribution in [1.29, 1.82) is 0 Å². The van der Waals surface area contributed by atoms with Crippen molar-refractivity contribution in [2.75, 3.05) is 13.1 Å². The Kier molecular flexibility index (Phi) is 7.37. The van der Waals surface area contributed by atoms with Gasteiger partial charge in [0.25, 0.3) is 11.5 Å². The molecule has 1 fully saturated rings. The van der Waals surface area contributed by atoms with Gasteiger partial charge in [0.05, 0.1) is 5.56 Å². The number of alkyl halides is 3. The fourth-order valence-corrected chi connectivity index (χ4v) is 3.81. The highest BCUT2D eigenvalue weighted by Gasteiger charge is 2.32. The first-order valence-corrected chi connectivity index (χ1v) is 10.4. The Hall–Kier alpha value is -3.10. The molecule has 1 aromatic heterocycles. The first-order valence-electron chi connectivity index (χ1n) is 10.4. The van der Waals surface area contributed by atoms with Gasteiger partial charge in [-0.15, -0.1) is 0 Å². The molecule has 1 aliphatic rings. The van der Waals surface area contributed by atoms with Gasteiger partial charge in [0.2, 0.25) is 0 Å². The maximum Gasteiger partial charge on any atom is 0.417 e. The highest BCUT2D eigenvalue weighted by molar-refractivity contribution is 5.83. The molecule has 1 saturated heterocycles. The molecule has 1 atom stereocenters. The fourth-order valence-electron chi connectivity index (χ4n) is 3.81. The van der Waals surface area contributed by atoms with Gasteiger partial charge in [-0.05, 0) is 43.7 Å². The lowest BCUT2D eigenvalue weighted by Crippen LogP contribution is -2.45. The van der Waals surface area contributed by atoms with E-state index in [9.17, 15) is 27.6 Å². The number of hydrogen-bond acceptors (Lipinski definition) is 4.